The minimum Gasteiger partial charge on any atom is -0.488 e. The van der Waals surface area contributed by atoms with Crippen molar-refractivity contribution in [3.63, 3.8) is 0 Å². The van der Waals surface area contributed by atoms with Crippen LogP contribution in [0.25, 0.3) is 5.69 Å². The van der Waals surface area contributed by atoms with Gasteiger partial charge in [-0.05, 0) is 26.0 Å². The number of aromatic nitrogens is 3. The maximum absolute atomic E-state index is 6.13. The number of benzene rings is 1. The van der Waals surface area contributed by atoms with E-state index in [9.17, 15) is 0 Å². The second-order valence-corrected chi connectivity index (χ2v) is 4.65. The van der Waals surface area contributed by atoms with E-state index in [-0.39, 0.29) is 6.10 Å². The van der Waals surface area contributed by atoms with Gasteiger partial charge in [0, 0.05) is 12.0 Å². The number of nitrogens with zero attached hydrogens (tertiary/aromatic N) is 3. The Bertz CT molecular complexity index is 579. The molecule has 0 aliphatic carbocycles. The van der Waals surface area contributed by atoms with Gasteiger partial charge in [0.15, 0.2) is 0 Å². The molecule has 0 spiro atoms. The van der Waals surface area contributed by atoms with Crippen LogP contribution in [0.3, 0.4) is 0 Å². The topological polar surface area (TPSA) is 39.9 Å². The highest BCUT2D eigenvalue weighted by Crippen LogP contribution is 2.39. The number of aryl methyl sites for hydroxylation is 1. The average molecular weight is 250 g/mol. The van der Waals surface area contributed by atoms with Gasteiger partial charge < -0.3 is 4.74 Å². The molecule has 0 saturated heterocycles. The van der Waals surface area contributed by atoms with Gasteiger partial charge in [-0.1, -0.05) is 11.6 Å². The van der Waals surface area contributed by atoms with Crippen molar-refractivity contribution in [2.24, 2.45) is 0 Å². The predicted molar refractivity (Wildman–Crippen MR) is 64.9 cm³/mol. The van der Waals surface area contributed by atoms with Gasteiger partial charge in [0.1, 0.15) is 24.0 Å². The Kier molecular flexibility index (Phi) is 2.33. The molecule has 1 aliphatic heterocycles. The summed E-state index contributed by atoms with van der Waals surface area (Å²) in [7, 11) is 0. The summed E-state index contributed by atoms with van der Waals surface area (Å²) < 4.78 is 7.48. The third-order valence-electron chi connectivity index (χ3n) is 2.85. The normalized spacial score (nSPS) is 17.9. The molecular formula is C12H12ClN3O. The number of fused-ring (bicyclic) bond motifs is 1. The minimum atomic E-state index is 0.160. The van der Waals surface area contributed by atoms with Crippen molar-refractivity contribution in [3.8, 4) is 11.4 Å². The Morgan fingerprint density at radius 1 is 1.47 bits per heavy atom. The van der Waals surface area contributed by atoms with Gasteiger partial charge in [-0.2, -0.15) is 5.10 Å². The van der Waals surface area contributed by atoms with Gasteiger partial charge in [0.05, 0.1) is 10.7 Å². The molecule has 0 amide bonds. The molecule has 1 unspecified atom stereocenters. The Balaban J connectivity index is 2.17. The monoisotopic (exact) mass is 249 g/mol. The fourth-order valence-corrected chi connectivity index (χ4v) is 2.34. The van der Waals surface area contributed by atoms with E-state index in [0.29, 0.717) is 5.02 Å². The molecule has 2 aromatic rings. The molecule has 2 heterocycles. The van der Waals surface area contributed by atoms with Crippen LogP contribution in [0, 0.1) is 6.92 Å². The van der Waals surface area contributed by atoms with E-state index >= 15 is 0 Å². The van der Waals surface area contributed by atoms with Crippen molar-refractivity contribution in [2.45, 2.75) is 26.4 Å². The summed E-state index contributed by atoms with van der Waals surface area (Å²) in [5.74, 6) is 1.53. The fraction of sp³-hybridized carbons (Fsp3) is 0.333. The van der Waals surface area contributed by atoms with Crippen LogP contribution in [0.2, 0.25) is 5.02 Å². The summed E-state index contributed by atoms with van der Waals surface area (Å²) in [6, 6.07) is 3.79. The van der Waals surface area contributed by atoms with Crippen LogP contribution in [-0.4, -0.2) is 20.9 Å². The lowest BCUT2D eigenvalue weighted by molar-refractivity contribution is 0.255. The summed E-state index contributed by atoms with van der Waals surface area (Å²) in [6.07, 6.45) is 2.72. The second-order valence-electron chi connectivity index (χ2n) is 4.24. The molecule has 17 heavy (non-hydrogen) atoms. The Morgan fingerprint density at radius 2 is 2.29 bits per heavy atom. The molecule has 0 fully saturated rings. The summed E-state index contributed by atoms with van der Waals surface area (Å²) in [5.41, 5.74) is 2.10. The lowest BCUT2D eigenvalue weighted by atomic mass is 10.1. The number of ether oxygens (including phenoxy) is 1. The highest BCUT2D eigenvalue weighted by atomic mass is 35.5. The zero-order valence-corrected chi connectivity index (χ0v) is 10.4. The first-order valence-corrected chi connectivity index (χ1v) is 5.89. The van der Waals surface area contributed by atoms with Crippen LogP contribution in [0.5, 0.6) is 5.75 Å². The highest BCUT2D eigenvalue weighted by Gasteiger charge is 2.25. The lowest BCUT2D eigenvalue weighted by Gasteiger charge is -2.07. The Morgan fingerprint density at radius 3 is 3.00 bits per heavy atom. The maximum Gasteiger partial charge on any atom is 0.147 e. The summed E-state index contributed by atoms with van der Waals surface area (Å²) >= 11 is 6.13. The predicted octanol–water partition coefficient (Wildman–Crippen LogP) is 2.55. The number of hydrogen-bond donors (Lipinski definition) is 0. The van der Waals surface area contributed by atoms with Crippen LogP contribution in [0.4, 0.5) is 0 Å². The minimum absolute atomic E-state index is 0.160. The smallest absolute Gasteiger partial charge is 0.147 e. The molecule has 3 rings (SSSR count). The van der Waals surface area contributed by atoms with Crippen molar-refractivity contribution >= 4 is 11.6 Å². The molecule has 0 bridgehead atoms. The van der Waals surface area contributed by atoms with Crippen molar-refractivity contribution in [1.82, 2.24) is 14.8 Å². The third kappa shape index (κ3) is 1.69. The zero-order valence-electron chi connectivity index (χ0n) is 9.64. The van der Waals surface area contributed by atoms with E-state index in [4.69, 9.17) is 16.3 Å². The van der Waals surface area contributed by atoms with Crippen molar-refractivity contribution < 1.29 is 4.74 Å². The number of hydrogen-bond acceptors (Lipinski definition) is 3. The first-order valence-electron chi connectivity index (χ1n) is 5.52. The van der Waals surface area contributed by atoms with Crippen molar-refractivity contribution in [1.29, 1.82) is 0 Å². The molecule has 1 aliphatic rings. The highest BCUT2D eigenvalue weighted by molar-refractivity contribution is 6.32. The molecule has 4 nitrogen and oxygen atoms in total. The van der Waals surface area contributed by atoms with Crippen LogP contribution in [-0.2, 0) is 6.42 Å². The molecule has 88 valence electrons. The van der Waals surface area contributed by atoms with E-state index in [0.717, 1.165) is 29.2 Å². The van der Waals surface area contributed by atoms with Gasteiger partial charge in [0.25, 0.3) is 0 Å². The lowest BCUT2D eigenvalue weighted by Crippen LogP contribution is -2.06. The van der Waals surface area contributed by atoms with Crippen LogP contribution in [0.15, 0.2) is 18.5 Å². The van der Waals surface area contributed by atoms with E-state index < -0.39 is 0 Å². The van der Waals surface area contributed by atoms with Crippen LogP contribution in [0.1, 0.15) is 18.3 Å². The maximum atomic E-state index is 6.13. The summed E-state index contributed by atoms with van der Waals surface area (Å²) in [4.78, 5) is 4.14. The summed E-state index contributed by atoms with van der Waals surface area (Å²) in [6.45, 7) is 3.90. The van der Waals surface area contributed by atoms with Crippen LogP contribution >= 0.6 is 11.6 Å². The van der Waals surface area contributed by atoms with Crippen molar-refractivity contribution in [3.05, 3.63) is 34.9 Å². The molecule has 0 N–H and O–H groups in total. The Labute approximate surface area is 104 Å². The molecule has 1 aromatic carbocycles. The van der Waals surface area contributed by atoms with Gasteiger partial charge in [-0.3, -0.25) is 0 Å². The van der Waals surface area contributed by atoms with E-state index in [1.54, 1.807) is 11.0 Å². The van der Waals surface area contributed by atoms with Gasteiger partial charge in [-0.15, -0.1) is 0 Å². The molecule has 0 radical (unpaired) electrons. The van der Waals surface area contributed by atoms with Gasteiger partial charge >= 0.3 is 0 Å². The standard InChI is InChI=1S/C12H12ClN3O/c1-7-5-9-11(16-6-14-8(2)15-16)4-3-10(13)12(9)17-7/h3-4,6-7H,5H2,1-2H3. The van der Waals surface area contributed by atoms with E-state index in [1.807, 2.05) is 26.0 Å². The summed E-state index contributed by atoms with van der Waals surface area (Å²) in [5, 5.41) is 4.98. The van der Waals surface area contributed by atoms with Crippen molar-refractivity contribution in [2.75, 3.05) is 0 Å². The first-order chi connectivity index (χ1) is 8.15. The van der Waals surface area contributed by atoms with E-state index in [2.05, 4.69) is 10.1 Å². The number of halogens is 1. The van der Waals surface area contributed by atoms with Gasteiger partial charge in [-0.25, -0.2) is 9.67 Å². The van der Waals surface area contributed by atoms with Gasteiger partial charge in [0.2, 0.25) is 0 Å². The third-order valence-corrected chi connectivity index (χ3v) is 3.15. The van der Waals surface area contributed by atoms with Crippen LogP contribution < -0.4 is 4.74 Å². The quantitative estimate of drug-likeness (QED) is 0.780. The largest absolute Gasteiger partial charge is 0.488 e. The SMILES string of the molecule is Cc1ncn(-c2ccc(Cl)c3c2CC(C)O3)n1. The molecule has 5 heteroatoms. The zero-order chi connectivity index (χ0) is 12.0. The Hall–Kier alpha value is -1.55. The average Bonchev–Trinajstić information content (AvgIpc) is 2.85. The molecule has 1 aromatic heterocycles. The van der Waals surface area contributed by atoms with E-state index in [1.165, 1.54) is 0 Å². The number of rotatable bonds is 1. The molecule has 0 saturated carbocycles. The second kappa shape index (κ2) is 3.74. The fourth-order valence-electron chi connectivity index (χ4n) is 2.12. The first kappa shape index (κ1) is 10.6. The molecular weight excluding hydrogens is 238 g/mol. The molecule has 1 atom stereocenters.